The number of H-pyrrole nitrogens is 1. The molecule has 126 valence electrons. The Morgan fingerprint density at radius 1 is 1.29 bits per heavy atom. The fourth-order valence-corrected chi connectivity index (χ4v) is 2.71. The Labute approximate surface area is 140 Å². The molecule has 2 aromatic heterocycles. The number of pyridine rings is 1. The molecule has 0 fully saturated rings. The first-order chi connectivity index (χ1) is 11.7. The first kappa shape index (κ1) is 16.4. The first-order valence-electron chi connectivity index (χ1n) is 8.07. The van der Waals surface area contributed by atoms with E-state index in [2.05, 4.69) is 15.4 Å². The molecule has 0 atom stereocenters. The molecule has 1 aromatic carbocycles. The molecule has 0 saturated heterocycles. The molecule has 0 radical (unpaired) electrons. The smallest absolute Gasteiger partial charge is 0.254 e. The van der Waals surface area contributed by atoms with Crippen LogP contribution in [-0.4, -0.2) is 35.0 Å². The Morgan fingerprint density at radius 3 is 2.83 bits per heavy atom. The zero-order chi connectivity index (χ0) is 16.9. The summed E-state index contributed by atoms with van der Waals surface area (Å²) in [5, 5.41) is 8.81. The van der Waals surface area contributed by atoms with E-state index in [0.717, 1.165) is 40.9 Å². The molecule has 0 unspecified atom stereocenters. The van der Waals surface area contributed by atoms with Crippen LogP contribution in [0.5, 0.6) is 0 Å². The van der Waals surface area contributed by atoms with E-state index in [0.29, 0.717) is 13.2 Å². The summed E-state index contributed by atoms with van der Waals surface area (Å²) >= 11 is 0. The summed E-state index contributed by atoms with van der Waals surface area (Å²) in [4.78, 5) is 15.4. The van der Waals surface area contributed by atoms with E-state index in [1.165, 1.54) is 0 Å². The van der Waals surface area contributed by atoms with Gasteiger partial charge in [-0.15, -0.1) is 0 Å². The van der Waals surface area contributed by atoms with Crippen molar-refractivity contribution < 1.29 is 4.74 Å². The lowest BCUT2D eigenvalue weighted by atomic mass is 10.2. The third-order valence-electron chi connectivity index (χ3n) is 3.97. The van der Waals surface area contributed by atoms with Gasteiger partial charge in [-0.1, -0.05) is 18.2 Å². The Bertz CT molecular complexity index is 868. The topological polar surface area (TPSA) is 71.9 Å². The predicted molar refractivity (Wildman–Crippen MR) is 94.6 cm³/mol. The van der Waals surface area contributed by atoms with Crippen LogP contribution in [0.2, 0.25) is 0 Å². The maximum absolute atomic E-state index is 12.4. The number of para-hydroxylation sites is 1. The molecule has 0 aliphatic rings. The summed E-state index contributed by atoms with van der Waals surface area (Å²) in [6.07, 6.45) is 0.918. The largest absolute Gasteiger partial charge is 0.385 e. The van der Waals surface area contributed by atoms with Crippen LogP contribution < -0.4 is 10.9 Å². The minimum Gasteiger partial charge on any atom is -0.385 e. The number of nitrogens with zero attached hydrogens (tertiary/aromatic N) is 2. The Morgan fingerprint density at radius 2 is 2.08 bits per heavy atom. The van der Waals surface area contributed by atoms with Gasteiger partial charge in [-0.3, -0.25) is 4.79 Å². The maximum atomic E-state index is 12.4. The summed E-state index contributed by atoms with van der Waals surface area (Å²) in [5.41, 5.74) is 3.18. The van der Waals surface area contributed by atoms with Crippen molar-refractivity contribution in [2.24, 2.45) is 0 Å². The number of hydrogen-bond acceptors (Lipinski definition) is 4. The second-order valence-electron chi connectivity index (χ2n) is 5.74. The normalized spacial score (nSPS) is 11.2. The maximum Gasteiger partial charge on any atom is 0.254 e. The van der Waals surface area contributed by atoms with Crippen molar-refractivity contribution in [3.05, 3.63) is 58.0 Å². The molecule has 2 heterocycles. The summed E-state index contributed by atoms with van der Waals surface area (Å²) in [6, 6.07) is 11.7. The molecule has 6 nitrogen and oxygen atoms in total. The second kappa shape index (κ2) is 7.42. The van der Waals surface area contributed by atoms with Crippen molar-refractivity contribution in [1.29, 1.82) is 0 Å². The Balaban J connectivity index is 1.89. The van der Waals surface area contributed by atoms with Crippen molar-refractivity contribution in [2.45, 2.75) is 19.9 Å². The fraction of sp³-hybridized carbons (Fsp3) is 0.333. The minimum atomic E-state index is -0.0844. The molecule has 0 spiro atoms. The molecular formula is C18H22N4O2. The highest BCUT2D eigenvalue weighted by atomic mass is 16.5. The number of benzene rings is 1. The fourth-order valence-electron chi connectivity index (χ4n) is 2.71. The van der Waals surface area contributed by atoms with Gasteiger partial charge in [0.25, 0.3) is 5.56 Å². The molecule has 0 bridgehead atoms. The van der Waals surface area contributed by atoms with Gasteiger partial charge in [0.1, 0.15) is 5.65 Å². The van der Waals surface area contributed by atoms with Crippen LogP contribution in [0.3, 0.4) is 0 Å². The second-order valence-corrected chi connectivity index (χ2v) is 5.74. The first-order valence-corrected chi connectivity index (χ1v) is 8.07. The van der Waals surface area contributed by atoms with Gasteiger partial charge < -0.3 is 15.0 Å². The monoisotopic (exact) mass is 326 g/mol. The lowest BCUT2D eigenvalue weighted by Gasteiger charge is -2.06. The summed E-state index contributed by atoms with van der Waals surface area (Å²) in [7, 11) is 1.69. The number of aromatic nitrogens is 3. The highest BCUT2D eigenvalue weighted by Crippen LogP contribution is 2.19. The third-order valence-corrected chi connectivity index (χ3v) is 3.97. The van der Waals surface area contributed by atoms with Crippen LogP contribution in [0.15, 0.2) is 41.2 Å². The van der Waals surface area contributed by atoms with E-state index in [9.17, 15) is 4.79 Å². The number of aryl methyl sites for hydroxylation is 1. The van der Waals surface area contributed by atoms with Crippen LogP contribution >= 0.6 is 0 Å². The number of ether oxygens (including phenoxy) is 1. The molecule has 0 aliphatic heterocycles. The highest BCUT2D eigenvalue weighted by molar-refractivity contribution is 5.80. The summed E-state index contributed by atoms with van der Waals surface area (Å²) in [6.45, 7) is 4.01. The lowest BCUT2D eigenvalue weighted by molar-refractivity contribution is 0.194. The molecule has 24 heavy (non-hydrogen) atoms. The van der Waals surface area contributed by atoms with Crippen molar-refractivity contribution in [3.8, 4) is 5.69 Å². The highest BCUT2D eigenvalue weighted by Gasteiger charge is 2.12. The Kier molecular flexibility index (Phi) is 5.08. The third kappa shape index (κ3) is 3.39. The van der Waals surface area contributed by atoms with E-state index in [-0.39, 0.29) is 5.56 Å². The number of hydrogen-bond donors (Lipinski definition) is 2. The zero-order valence-corrected chi connectivity index (χ0v) is 14.0. The van der Waals surface area contributed by atoms with E-state index in [1.54, 1.807) is 11.8 Å². The van der Waals surface area contributed by atoms with E-state index in [4.69, 9.17) is 4.74 Å². The quantitative estimate of drug-likeness (QED) is 0.653. The van der Waals surface area contributed by atoms with Gasteiger partial charge >= 0.3 is 0 Å². The van der Waals surface area contributed by atoms with Crippen molar-refractivity contribution in [1.82, 2.24) is 20.1 Å². The van der Waals surface area contributed by atoms with Gasteiger partial charge in [0.05, 0.1) is 11.4 Å². The van der Waals surface area contributed by atoms with Crippen LogP contribution in [0.4, 0.5) is 0 Å². The minimum absolute atomic E-state index is 0.0844. The number of methoxy groups -OCH3 is 1. The molecule has 3 aromatic rings. The van der Waals surface area contributed by atoms with Gasteiger partial charge in [0.2, 0.25) is 0 Å². The van der Waals surface area contributed by atoms with Crippen LogP contribution in [0.25, 0.3) is 16.7 Å². The zero-order valence-electron chi connectivity index (χ0n) is 14.0. The lowest BCUT2D eigenvalue weighted by Crippen LogP contribution is -2.22. The van der Waals surface area contributed by atoms with Crippen LogP contribution in [0, 0.1) is 6.92 Å². The SMILES string of the molecule is COCCCNCc1cc2c(C)nn(-c3ccccc3)c2[nH]c1=O. The molecule has 6 heteroatoms. The number of nitrogens with one attached hydrogen (secondary N) is 2. The van der Waals surface area contributed by atoms with Crippen molar-refractivity contribution in [2.75, 3.05) is 20.3 Å². The van der Waals surface area contributed by atoms with Crippen LogP contribution in [-0.2, 0) is 11.3 Å². The number of rotatable bonds is 7. The number of aromatic amines is 1. The summed E-state index contributed by atoms with van der Waals surface area (Å²) in [5.74, 6) is 0. The van der Waals surface area contributed by atoms with Gasteiger partial charge in [-0.05, 0) is 38.1 Å². The Hall–Kier alpha value is -2.44. The molecule has 3 rings (SSSR count). The molecule has 0 aliphatic carbocycles. The molecule has 2 N–H and O–H groups in total. The molecule has 0 amide bonds. The van der Waals surface area contributed by atoms with Crippen LogP contribution in [0.1, 0.15) is 17.7 Å². The van der Waals surface area contributed by atoms with E-state index < -0.39 is 0 Å². The van der Waals surface area contributed by atoms with Gasteiger partial charge in [0, 0.05) is 31.2 Å². The van der Waals surface area contributed by atoms with Gasteiger partial charge in [-0.25, -0.2) is 4.68 Å². The predicted octanol–water partition coefficient (Wildman–Crippen LogP) is 2.15. The summed E-state index contributed by atoms with van der Waals surface area (Å²) < 4.78 is 6.80. The van der Waals surface area contributed by atoms with Gasteiger partial charge in [-0.2, -0.15) is 5.10 Å². The van der Waals surface area contributed by atoms with Crippen molar-refractivity contribution in [3.63, 3.8) is 0 Å². The average molecular weight is 326 g/mol. The number of fused-ring (bicyclic) bond motifs is 1. The molecule has 0 saturated carbocycles. The standard InChI is InChI=1S/C18H22N4O2/c1-13-16-11-14(12-19-9-6-10-24-2)18(23)20-17(16)22(21-13)15-7-4-3-5-8-15/h3-5,7-8,11,19H,6,9-10,12H2,1-2H3,(H,20,23). The van der Waals surface area contributed by atoms with E-state index in [1.807, 2.05) is 43.3 Å². The van der Waals surface area contributed by atoms with Crippen molar-refractivity contribution >= 4 is 11.0 Å². The molecular weight excluding hydrogens is 304 g/mol. The van der Waals surface area contributed by atoms with Gasteiger partial charge in [0.15, 0.2) is 0 Å². The average Bonchev–Trinajstić information content (AvgIpc) is 2.91. The van der Waals surface area contributed by atoms with E-state index >= 15 is 0 Å².